The van der Waals surface area contributed by atoms with Crippen molar-refractivity contribution in [3.05, 3.63) is 10.1 Å². The van der Waals surface area contributed by atoms with E-state index >= 15 is 0 Å². The highest BCUT2D eigenvalue weighted by molar-refractivity contribution is 5.47. The van der Waals surface area contributed by atoms with Crippen molar-refractivity contribution in [1.29, 1.82) is 0 Å². The highest BCUT2D eigenvalue weighted by Gasteiger charge is 2.25. The Kier molecular flexibility index (Phi) is 3.67. The molecule has 1 aliphatic rings. The van der Waals surface area contributed by atoms with Gasteiger partial charge in [-0.2, -0.15) is 0 Å². The third-order valence-corrected chi connectivity index (χ3v) is 2.62. The zero-order valence-corrected chi connectivity index (χ0v) is 8.09. The van der Waals surface area contributed by atoms with Crippen LogP contribution in [0.5, 0.6) is 0 Å². The SMILES string of the molecule is CN(C=O)C1CCC(O[N+](=O)[O-])CC1. The zero-order chi connectivity index (χ0) is 10.6. The van der Waals surface area contributed by atoms with E-state index < -0.39 is 5.09 Å². The van der Waals surface area contributed by atoms with Crippen molar-refractivity contribution in [2.75, 3.05) is 7.05 Å². The molecule has 1 saturated carbocycles. The Morgan fingerprint density at radius 3 is 2.43 bits per heavy atom. The molecule has 1 fully saturated rings. The fourth-order valence-corrected chi connectivity index (χ4v) is 1.77. The molecule has 80 valence electrons. The Morgan fingerprint density at radius 1 is 1.43 bits per heavy atom. The first-order chi connectivity index (χ1) is 6.63. The molecule has 0 bridgehead atoms. The van der Waals surface area contributed by atoms with Crippen LogP contribution in [0.1, 0.15) is 25.7 Å². The van der Waals surface area contributed by atoms with Crippen LogP contribution < -0.4 is 0 Å². The van der Waals surface area contributed by atoms with Gasteiger partial charge < -0.3 is 9.74 Å². The average molecular weight is 202 g/mol. The predicted molar refractivity (Wildman–Crippen MR) is 48.0 cm³/mol. The van der Waals surface area contributed by atoms with Gasteiger partial charge in [-0.25, -0.2) is 0 Å². The summed E-state index contributed by atoms with van der Waals surface area (Å²) in [5.74, 6) is 0. The van der Waals surface area contributed by atoms with Crippen LogP contribution in [0, 0.1) is 10.1 Å². The zero-order valence-electron chi connectivity index (χ0n) is 8.09. The molecule has 0 unspecified atom stereocenters. The summed E-state index contributed by atoms with van der Waals surface area (Å²) in [6.45, 7) is 0. The van der Waals surface area contributed by atoms with E-state index in [0.717, 1.165) is 19.3 Å². The van der Waals surface area contributed by atoms with Crippen molar-refractivity contribution in [2.24, 2.45) is 0 Å². The summed E-state index contributed by atoms with van der Waals surface area (Å²) in [5, 5.41) is 9.31. The summed E-state index contributed by atoms with van der Waals surface area (Å²) in [6, 6.07) is 0.208. The molecule has 0 aromatic heterocycles. The minimum Gasteiger partial charge on any atom is -0.345 e. The predicted octanol–water partition coefficient (Wildman–Crippen LogP) is 0.594. The molecule has 6 heteroatoms. The summed E-state index contributed by atoms with van der Waals surface area (Å²) >= 11 is 0. The first-order valence-corrected chi connectivity index (χ1v) is 4.62. The number of hydrogen-bond donors (Lipinski definition) is 0. The summed E-state index contributed by atoms with van der Waals surface area (Å²) in [5.41, 5.74) is 0. The van der Waals surface area contributed by atoms with Crippen LogP contribution in [0.25, 0.3) is 0 Å². The van der Waals surface area contributed by atoms with Crippen LogP contribution >= 0.6 is 0 Å². The molecule has 0 radical (unpaired) electrons. The topological polar surface area (TPSA) is 72.7 Å². The molecule has 0 aromatic rings. The number of rotatable bonds is 4. The second kappa shape index (κ2) is 4.78. The standard InChI is InChI=1S/C8H14N2O4/c1-9(6-11)7-2-4-8(5-3-7)14-10(12)13/h6-8H,2-5H2,1H3. The summed E-state index contributed by atoms with van der Waals surface area (Å²) in [4.78, 5) is 26.6. The molecule has 0 aliphatic heterocycles. The molecule has 1 rings (SSSR count). The third kappa shape index (κ3) is 2.86. The normalized spacial score (nSPS) is 26.6. The number of carbonyl (C=O) groups excluding carboxylic acids is 1. The first-order valence-electron chi connectivity index (χ1n) is 4.62. The van der Waals surface area contributed by atoms with Crippen molar-refractivity contribution >= 4 is 6.41 Å². The quantitative estimate of drug-likeness (QED) is 0.380. The minimum absolute atomic E-state index is 0.208. The Hall–Kier alpha value is -1.33. The van der Waals surface area contributed by atoms with Gasteiger partial charge >= 0.3 is 0 Å². The number of carbonyl (C=O) groups is 1. The second-order valence-electron chi connectivity index (χ2n) is 3.53. The maximum absolute atomic E-state index is 10.4. The Balaban J connectivity index is 2.30. The van der Waals surface area contributed by atoms with Crippen molar-refractivity contribution in [3.63, 3.8) is 0 Å². The van der Waals surface area contributed by atoms with E-state index in [1.54, 1.807) is 11.9 Å². The van der Waals surface area contributed by atoms with Crippen molar-refractivity contribution < 1.29 is 14.7 Å². The van der Waals surface area contributed by atoms with E-state index in [9.17, 15) is 14.9 Å². The number of amides is 1. The van der Waals surface area contributed by atoms with Crippen LogP contribution in [0.4, 0.5) is 0 Å². The summed E-state index contributed by atoms with van der Waals surface area (Å²) in [7, 11) is 1.73. The van der Waals surface area contributed by atoms with Crippen molar-refractivity contribution in [1.82, 2.24) is 4.90 Å². The van der Waals surface area contributed by atoms with Crippen molar-refractivity contribution in [3.8, 4) is 0 Å². The molecule has 0 saturated heterocycles. The molecule has 0 spiro atoms. The Labute approximate surface area is 81.9 Å². The molecule has 0 heterocycles. The first kappa shape index (κ1) is 10.7. The van der Waals surface area contributed by atoms with Gasteiger partial charge in [0.2, 0.25) is 6.41 Å². The van der Waals surface area contributed by atoms with E-state index in [0.29, 0.717) is 12.8 Å². The van der Waals surface area contributed by atoms with Crippen LogP contribution in [-0.4, -0.2) is 35.6 Å². The van der Waals surface area contributed by atoms with E-state index in [1.165, 1.54) is 0 Å². The fraction of sp³-hybridized carbons (Fsp3) is 0.875. The molecule has 1 amide bonds. The largest absolute Gasteiger partial charge is 0.345 e. The van der Waals surface area contributed by atoms with Crippen LogP contribution in [0.3, 0.4) is 0 Å². The van der Waals surface area contributed by atoms with Gasteiger partial charge in [-0.15, -0.1) is 10.1 Å². The van der Waals surface area contributed by atoms with Gasteiger partial charge in [-0.1, -0.05) is 0 Å². The number of hydrogen-bond acceptors (Lipinski definition) is 4. The van der Waals surface area contributed by atoms with Crippen molar-refractivity contribution in [2.45, 2.75) is 37.8 Å². The molecule has 0 aromatic carbocycles. The van der Waals surface area contributed by atoms with Gasteiger partial charge in [0.15, 0.2) is 0 Å². The van der Waals surface area contributed by atoms with Crippen LogP contribution in [0.2, 0.25) is 0 Å². The lowest BCUT2D eigenvalue weighted by Crippen LogP contribution is -2.36. The minimum atomic E-state index is -0.742. The van der Waals surface area contributed by atoms with Crippen LogP contribution in [-0.2, 0) is 9.63 Å². The molecule has 6 nitrogen and oxygen atoms in total. The smallest absolute Gasteiger partial charge is 0.294 e. The molecule has 0 N–H and O–H groups in total. The molecule has 0 atom stereocenters. The maximum atomic E-state index is 10.4. The highest BCUT2D eigenvalue weighted by atomic mass is 17.0. The molecule has 14 heavy (non-hydrogen) atoms. The lowest BCUT2D eigenvalue weighted by Gasteiger charge is -2.31. The van der Waals surface area contributed by atoms with Gasteiger partial charge in [0, 0.05) is 13.1 Å². The van der Waals surface area contributed by atoms with E-state index in [-0.39, 0.29) is 12.1 Å². The van der Waals surface area contributed by atoms with E-state index in [1.807, 2.05) is 0 Å². The van der Waals surface area contributed by atoms with Gasteiger partial charge in [0.25, 0.3) is 5.09 Å². The Bertz CT molecular complexity index is 213. The molecule has 1 aliphatic carbocycles. The van der Waals surface area contributed by atoms with Gasteiger partial charge in [0.1, 0.15) is 6.10 Å². The summed E-state index contributed by atoms with van der Waals surface area (Å²) in [6.07, 6.45) is 3.33. The van der Waals surface area contributed by atoms with E-state index in [2.05, 4.69) is 4.84 Å². The molecular formula is C8H14N2O4. The lowest BCUT2D eigenvalue weighted by atomic mass is 9.92. The van der Waals surface area contributed by atoms with E-state index in [4.69, 9.17) is 0 Å². The monoisotopic (exact) mass is 202 g/mol. The fourth-order valence-electron chi connectivity index (χ4n) is 1.77. The average Bonchev–Trinajstić information content (AvgIpc) is 2.17. The second-order valence-corrected chi connectivity index (χ2v) is 3.53. The maximum Gasteiger partial charge on any atom is 0.294 e. The number of nitrogens with zero attached hydrogens (tertiary/aromatic N) is 2. The molecular weight excluding hydrogens is 188 g/mol. The van der Waals surface area contributed by atoms with Gasteiger partial charge in [0.05, 0.1) is 0 Å². The highest BCUT2D eigenvalue weighted by Crippen LogP contribution is 2.23. The van der Waals surface area contributed by atoms with Gasteiger partial charge in [-0.3, -0.25) is 4.79 Å². The Morgan fingerprint density at radius 2 is 2.00 bits per heavy atom. The third-order valence-electron chi connectivity index (χ3n) is 2.62. The summed E-state index contributed by atoms with van der Waals surface area (Å²) < 4.78 is 0. The van der Waals surface area contributed by atoms with Crippen LogP contribution in [0.15, 0.2) is 0 Å². The van der Waals surface area contributed by atoms with Gasteiger partial charge in [-0.05, 0) is 25.7 Å². The lowest BCUT2D eigenvalue weighted by molar-refractivity contribution is -0.769.